The Kier molecular flexibility index (Phi) is 6.73. The summed E-state index contributed by atoms with van der Waals surface area (Å²) < 4.78 is 0. The monoisotopic (exact) mass is 378 g/mol. The number of piperidine rings is 1. The Labute approximate surface area is 162 Å². The maximum atomic E-state index is 12.8. The van der Waals surface area contributed by atoms with Crippen molar-refractivity contribution in [2.75, 3.05) is 39.3 Å². The van der Waals surface area contributed by atoms with Crippen LogP contribution in [0.2, 0.25) is 0 Å². The van der Waals surface area contributed by atoms with Crippen molar-refractivity contribution < 1.29 is 14.4 Å². The largest absolute Gasteiger partial charge is 0.369 e. The van der Waals surface area contributed by atoms with E-state index in [1.165, 1.54) is 19.3 Å². The van der Waals surface area contributed by atoms with Crippen molar-refractivity contribution in [2.24, 2.45) is 17.6 Å². The van der Waals surface area contributed by atoms with Crippen molar-refractivity contribution in [3.8, 4) is 0 Å². The summed E-state index contributed by atoms with van der Waals surface area (Å²) in [5.74, 6) is 0.315. The van der Waals surface area contributed by atoms with Crippen LogP contribution in [0.25, 0.3) is 0 Å². The molecule has 3 fully saturated rings. The Hall–Kier alpha value is -1.63. The van der Waals surface area contributed by atoms with Gasteiger partial charge in [0.15, 0.2) is 0 Å². The van der Waals surface area contributed by atoms with Crippen molar-refractivity contribution in [1.82, 2.24) is 14.7 Å². The molecule has 3 rings (SSSR count). The van der Waals surface area contributed by atoms with Crippen LogP contribution in [0.1, 0.15) is 51.9 Å². The first kappa shape index (κ1) is 20.1. The van der Waals surface area contributed by atoms with E-state index in [1.807, 2.05) is 16.7 Å². The Bertz CT molecular complexity index is 545. The van der Waals surface area contributed by atoms with Crippen LogP contribution < -0.4 is 5.73 Å². The van der Waals surface area contributed by atoms with Gasteiger partial charge in [-0.2, -0.15) is 0 Å². The number of rotatable bonds is 4. The first-order valence-electron chi connectivity index (χ1n) is 10.6. The van der Waals surface area contributed by atoms with E-state index in [0.29, 0.717) is 31.8 Å². The molecule has 3 amide bonds. The molecule has 1 atom stereocenters. The Morgan fingerprint density at radius 2 is 1.37 bits per heavy atom. The second-order valence-corrected chi connectivity index (χ2v) is 8.37. The fraction of sp³-hybridized carbons (Fsp3) is 0.850. The summed E-state index contributed by atoms with van der Waals surface area (Å²) in [5, 5.41) is 0. The molecule has 2 heterocycles. The van der Waals surface area contributed by atoms with Gasteiger partial charge < -0.3 is 15.5 Å². The van der Waals surface area contributed by atoms with Gasteiger partial charge in [-0.25, -0.2) is 0 Å². The number of carbonyl (C=O) groups excluding carboxylic acids is 3. The maximum absolute atomic E-state index is 12.8. The molecule has 0 bridgehead atoms. The number of piperazine rings is 1. The molecule has 27 heavy (non-hydrogen) atoms. The zero-order valence-corrected chi connectivity index (χ0v) is 16.6. The lowest BCUT2D eigenvalue weighted by Gasteiger charge is -2.41. The first-order chi connectivity index (χ1) is 13.0. The van der Waals surface area contributed by atoms with Crippen molar-refractivity contribution in [3.05, 3.63) is 0 Å². The van der Waals surface area contributed by atoms with Crippen molar-refractivity contribution >= 4 is 17.7 Å². The SMILES string of the molecule is CC(C(=O)N1CCC(C(N)=O)CC1)N1CCN(C(=O)C2CCCCC2)CC1. The fourth-order valence-corrected chi connectivity index (χ4v) is 4.74. The predicted molar refractivity (Wildman–Crippen MR) is 103 cm³/mol. The van der Waals surface area contributed by atoms with E-state index >= 15 is 0 Å². The first-order valence-corrected chi connectivity index (χ1v) is 10.6. The van der Waals surface area contributed by atoms with E-state index in [9.17, 15) is 14.4 Å². The van der Waals surface area contributed by atoms with Gasteiger partial charge in [0.2, 0.25) is 17.7 Å². The highest BCUT2D eigenvalue weighted by molar-refractivity contribution is 5.82. The molecule has 0 radical (unpaired) electrons. The van der Waals surface area contributed by atoms with Crippen LogP contribution in [-0.2, 0) is 14.4 Å². The molecular formula is C20H34N4O3. The lowest BCUT2D eigenvalue weighted by molar-refractivity contribution is -0.142. The highest BCUT2D eigenvalue weighted by atomic mass is 16.2. The number of hydrogen-bond acceptors (Lipinski definition) is 4. The summed E-state index contributed by atoms with van der Waals surface area (Å²) in [4.78, 5) is 42.9. The molecule has 2 N–H and O–H groups in total. The quantitative estimate of drug-likeness (QED) is 0.785. The van der Waals surface area contributed by atoms with Gasteiger partial charge >= 0.3 is 0 Å². The third-order valence-electron chi connectivity index (χ3n) is 6.69. The van der Waals surface area contributed by atoms with Crippen LogP contribution in [0, 0.1) is 11.8 Å². The molecule has 7 nitrogen and oxygen atoms in total. The highest BCUT2D eigenvalue weighted by Crippen LogP contribution is 2.26. The minimum Gasteiger partial charge on any atom is -0.369 e. The van der Waals surface area contributed by atoms with Gasteiger partial charge in [0.1, 0.15) is 0 Å². The molecule has 1 aliphatic carbocycles. The molecule has 152 valence electrons. The van der Waals surface area contributed by atoms with Crippen molar-refractivity contribution in [3.63, 3.8) is 0 Å². The summed E-state index contributed by atoms with van der Waals surface area (Å²) in [6.45, 7) is 6.12. The zero-order chi connectivity index (χ0) is 19.4. The lowest BCUT2D eigenvalue weighted by Crippen LogP contribution is -2.57. The van der Waals surface area contributed by atoms with Crippen LogP contribution in [-0.4, -0.2) is 77.7 Å². The van der Waals surface area contributed by atoms with Gasteiger partial charge in [0.05, 0.1) is 6.04 Å². The van der Waals surface area contributed by atoms with Gasteiger partial charge in [-0.3, -0.25) is 19.3 Å². The van der Waals surface area contributed by atoms with Crippen molar-refractivity contribution in [2.45, 2.75) is 57.9 Å². The Morgan fingerprint density at radius 3 is 1.93 bits per heavy atom. The summed E-state index contributed by atoms with van der Waals surface area (Å²) in [7, 11) is 0. The summed E-state index contributed by atoms with van der Waals surface area (Å²) in [6.07, 6.45) is 7.01. The van der Waals surface area contributed by atoms with Crippen LogP contribution in [0.15, 0.2) is 0 Å². The topological polar surface area (TPSA) is 86.9 Å². The number of nitrogens with zero attached hydrogens (tertiary/aromatic N) is 3. The average Bonchev–Trinajstić information content (AvgIpc) is 2.73. The molecule has 2 saturated heterocycles. The third-order valence-corrected chi connectivity index (χ3v) is 6.69. The van der Waals surface area contributed by atoms with Crippen LogP contribution >= 0.6 is 0 Å². The summed E-state index contributed by atoms with van der Waals surface area (Å²) in [6, 6.07) is -0.179. The number of carbonyl (C=O) groups is 3. The van der Waals surface area contributed by atoms with Crippen LogP contribution in [0.4, 0.5) is 0 Å². The molecule has 3 aliphatic rings. The minimum atomic E-state index is -0.256. The lowest BCUT2D eigenvalue weighted by atomic mass is 9.88. The molecule has 0 spiro atoms. The molecule has 0 aromatic heterocycles. The van der Waals surface area contributed by atoms with E-state index in [0.717, 1.165) is 39.0 Å². The van der Waals surface area contributed by atoms with Gasteiger partial charge in [0.25, 0.3) is 0 Å². The molecule has 1 unspecified atom stereocenters. The fourth-order valence-electron chi connectivity index (χ4n) is 4.74. The smallest absolute Gasteiger partial charge is 0.239 e. The normalized spacial score (nSPS) is 24.6. The molecule has 0 aromatic carbocycles. The molecule has 7 heteroatoms. The van der Waals surface area contributed by atoms with E-state index in [-0.39, 0.29) is 29.7 Å². The van der Waals surface area contributed by atoms with E-state index in [2.05, 4.69) is 4.90 Å². The van der Waals surface area contributed by atoms with E-state index in [4.69, 9.17) is 5.73 Å². The van der Waals surface area contributed by atoms with Gasteiger partial charge in [0, 0.05) is 51.1 Å². The minimum absolute atomic E-state index is 0.0984. The average molecular weight is 379 g/mol. The number of hydrogen-bond donors (Lipinski definition) is 1. The molecule has 0 aromatic rings. The second-order valence-electron chi connectivity index (χ2n) is 8.37. The second kappa shape index (κ2) is 9.04. The highest BCUT2D eigenvalue weighted by Gasteiger charge is 2.34. The van der Waals surface area contributed by atoms with Gasteiger partial charge in [-0.1, -0.05) is 19.3 Å². The zero-order valence-electron chi connectivity index (χ0n) is 16.6. The molecular weight excluding hydrogens is 344 g/mol. The van der Waals surface area contributed by atoms with Crippen LogP contribution in [0.3, 0.4) is 0 Å². The molecule has 1 saturated carbocycles. The number of likely N-dealkylation sites (tertiary alicyclic amines) is 1. The number of amides is 3. The van der Waals surface area contributed by atoms with Crippen molar-refractivity contribution in [1.29, 1.82) is 0 Å². The Morgan fingerprint density at radius 1 is 0.778 bits per heavy atom. The van der Waals surface area contributed by atoms with Gasteiger partial charge in [-0.15, -0.1) is 0 Å². The molecule has 2 aliphatic heterocycles. The Balaban J connectivity index is 1.45. The van der Waals surface area contributed by atoms with E-state index < -0.39 is 0 Å². The van der Waals surface area contributed by atoms with Gasteiger partial charge in [-0.05, 0) is 32.6 Å². The standard InChI is InChI=1S/C20H34N4O3/c1-15(19(26)23-9-7-16(8-10-23)18(21)25)22-11-13-24(14-12-22)20(27)17-5-3-2-4-6-17/h15-17H,2-14H2,1H3,(H2,21,25). The summed E-state index contributed by atoms with van der Waals surface area (Å²) in [5.41, 5.74) is 5.37. The number of primary amides is 1. The third kappa shape index (κ3) is 4.81. The predicted octanol–water partition coefficient (Wildman–Crippen LogP) is 0.823. The van der Waals surface area contributed by atoms with Crippen LogP contribution in [0.5, 0.6) is 0 Å². The van der Waals surface area contributed by atoms with E-state index in [1.54, 1.807) is 0 Å². The maximum Gasteiger partial charge on any atom is 0.239 e. The number of nitrogens with two attached hydrogens (primary N) is 1. The summed E-state index contributed by atoms with van der Waals surface area (Å²) >= 11 is 0.